The van der Waals surface area contributed by atoms with Crippen LogP contribution < -0.4 is 16.6 Å². The van der Waals surface area contributed by atoms with Crippen molar-refractivity contribution in [3.8, 4) is 0 Å². The number of phosphoric ester groups is 1. The number of nitrogens with zero attached hydrogens (tertiary/aromatic N) is 3. The molecule has 1 fully saturated rings. The first-order chi connectivity index (χ1) is 30.7. The first-order valence-corrected chi connectivity index (χ1v) is 26.0. The lowest BCUT2D eigenvalue weighted by molar-refractivity contribution is -0.433. The molecule has 0 saturated carbocycles. The van der Waals surface area contributed by atoms with Gasteiger partial charge in [0, 0.05) is 55.8 Å². The number of H-pyrrole nitrogens is 1. The maximum Gasteiger partial charge on any atom is 0.490 e. The first kappa shape index (κ1) is 52.7. The van der Waals surface area contributed by atoms with Crippen LogP contribution in [-0.2, 0) is 51.9 Å². The van der Waals surface area contributed by atoms with Gasteiger partial charge in [0.05, 0.1) is 22.5 Å². The van der Waals surface area contributed by atoms with Crippen LogP contribution >= 0.6 is 23.5 Å². The molecule has 1 aromatic heterocycles. The Bertz CT molecular complexity index is 2720. The molecule has 0 bridgehead atoms. The summed E-state index contributed by atoms with van der Waals surface area (Å²) in [6.07, 6.45) is 12.7. The second-order valence-corrected chi connectivity index (χ2v) is 21.3. The van der Waals surface area contributed by atoms with Gasteiger partial charge in [-0.3, -0.25) is 28.2 Å². The van der Waals surface area contributed by atoms with Crippen LogP contribution in [0.1, 0.15) is 63.8 Å². The average Bonchev–Trinajstić information content (AvgIpc) is 3.61. The number of phosphoric acid groups is 3. The van der Waals surface area contributed by atoms with Crippen LogP contribution in [0.15, 0.2) is 93.3 Å². The number of hydrogen-bond donors (Lipinski definition) is 9. The minimum atomic E-state index is -5.83. The zero-order valence-electron chi connectivity index (χ0n) is 35.6. The molecule has 6 unspecified atom stereocenters. The van der Waals surface area contributed by atoms with E-state index in [9.17, 15) is 61.0 Å². The predicted molar refractivity (Wildman–Crippen MR) is 235 cm³/mol. The third-order valence-electron chi connectivity index (χ3n) is 10.4. The van der Waals surface area contributed by atoms with E-state index in [-0.39, 0.29) is 29.3 Å². The third kappa shape index (κ3) is 13.9. The molecule has 5 rings (SSSR count). The number of unbranched alkanes of at least 4 members (excludes halogenated alkanes) is 2. The highest BCUT2D eigenvalue weighted by Gasteiger charge is 2.47. The predicted octanol–water partition coefficient (Wildman–Crippen LogP) is 2.36. The third-order valence-corrected chi connectivity index (χ3v) is 15.0. The van der Waals surface area contributed by atoms with Gasteiger partial charge in [0.2, 0.25) is 11.6 Å². The lowest BCUT2D eigenvalue weighted by atomic mass is 9.81. The molecule has 1 amide bonds. The topological polar surface area (TPSA) is 354 Å². The van der Waals surface area contributed by atoms with E-state index in [4.69, 9.17) is 14.5 Å². The van der Waals surface area contributed by atoms with Crippen LogP contribution in [0, 0.1) is 0 Å². The van der Waals surface area contributed by atoms with Crippen molar-refractivity contribution in [2.24, 2.45) is 0 Å². The molecule has 3 aliphatic heterocycles. The summed E-state index contributed by atoms with van der Waals surface area (Å²) in [5.74, 6) is -0.245. The lowest BCUT2D eigenvalue weighted by Crippen LogP contribution is -2.38. The van der Waals surface area contributed by atoms with E-state index >= 15 is 0 Å². The van der Waals surface area contributed by atoms with Crippen LogP contribution in [0.5, 0.6) is 0 Å². The fourth-order valence-electron chi connectivity index (χ4n) is 7.22. The first-order valence-electron chi connectivity index (χ1n) is 20.1. The number of amides is 1. The van der Waals surface area contributed by atoms with Gasteiger partial charge in [-0.05, 0) is 63.5 Å². The number of rotatable bonds is 21. The Balaban J connectivity index is 1.03. The van der Waals surface area contributed by atoms with E-state index < -0.39 is 81.4 Å². The number of aliphatic hydroxyl groups is 2. The number of aromatic amines is 1. The van der Waals surface area contributed by atoms with Crippen molar-refractivity contribution in [2.45, 2.75) is 81.3 Å². The molecule has 3 aliphatic rings. The van der Waals surface area contributed by atoms with Crippen molar-refractivity contribution in [1.29, 1.82) is 0 Å². The van der Waals surface area contributed by atoms with Gasteiger partial charge < -0.3 is 44.7 Å². The SMILES string of the molecule is CC[N+]1=C(/C=C/C=C2C=CN(CCCCCC(=O)NC/C=C/c3cn(C4OC(COP(=O)(O)OP(=O)(O)OP(=O)(O)O)C(O)C4O)c(=O)[nH]c3=O)C=C2)C(C)(C)c2cc(S(=O)(=O)O)ccc21. The van der Waals surface area contributed by atoms with Crippen LogP contribution in [0.25, 0.3) is 6.08 Å². The molecule has 28 heteroatoms. The molecule has 66 heavy (non-hydrogen) atoms. The normalized spacial score (nSPS) is 22.6. The van der Waals surface area contributed by atoms with Gasteiger partial charge in [-0.2, -0.15) is 21.6 Å². The number of allylic oxidation sites excluding steroid dienone is 6. The Morgan fingerprint density at radius 3 is 2.35 bits per heavy atom. The minimum absolute atomic E-state index is 0.00918. The van der Waals surface area contributed by atoms with Crippen molar-refractivity contribution >= 4 is 57.0 Å². The summed E-state index contributed by atoms with van der Waals surface area (Å²) in [6, 6.07) is 4.64. The van der Waals surface area contributed by atoms with Crippen molar-refractivity contribution in [3.63, 3.8) is 0 Å². The summed E-state index contributed by atoms with van der Waals surface area (Å²) in [5.41, 5.74) is 1.09. The molecule has 0 spiro atoms. The van der Waals surface area contributed by atoms with Gasteiger partial charge in [-0.25, -0.2) is 18.5 Å². The molecule has 1 saturated heterocycles. The van der Waals surface area contributed by atoms with E-state index in [1.807, 2.05) is 73.4 Å². The number of nitrogens with one attached hydrogen (secondary N) is 2. The number of aromatic nitrogens is 2. The molecule has 24 nitrogen and oxygen atoms in total. The molecule has 6 atom stereocenters. The molecule has 4 heterocycles. The number of benzene rings is 1. The molecule has 9 N–H and O–H groups in total. The highest BCUT2D eigenvalue weighted by molar-refractivity contribution is 7.85. The smallest absolute Gasteiger partial charge is 0.387 e. The van der Waals surface area contributed by atoms with Crippen LogP contribution in [0.2, 0.25) is 0 Å². The second-order valence-electron chi connectivity index (χ2n) is 15.5. The Kier molecular flexibility index (Phi) is 17.1. The summed E-state index contributed by atoms with van der Waals surface area (Å²) in [4.78, 5) is 77.7. The van der Waals surface area contributed by atoms with Gasteiger partial charge in [0.25, 0.3) is 15.7 Å². The Hall–Kier alpha value is -4.26. The van der Waals surface area contributed by atoms with E-state index in [2.05, 4.69) is 23.0 Å². The number of fused-ring (bicyclic) bond motifs is 1. The highest BCUT2D eigenvalue weighted by atomic mass is 32.2. The van der Waals surface area contributed by atoms with Crippen molar-refractivity contribution < 1.29 is 83.7 Å². The summed E-state index contributed by atoms with van der Waals surface area (Å²) in [5, 5.41) is 23.7. The molecule has 2 aromatic rings. The summed E-state index contributed by atoms with van der Waals surface area (Å²) < 4.78 is 87.4. The average molecular weight is 1010 g/mol. The van der Waals surface area contributed by atoms with Gasteiger partial charge in [-0.1, -0.05) is 30.7 Å². The summed E-state index contributed by atoms with van der Waals surface area (Å²) in [7, 11) is -21.4. The van der Waals surface area contributed by atoms with Crippen LogP contribution in [0.3, 0.4) is 0 Å². The number of aliphatic hydroxyl groups excluding tert-OH is 2. The zero-order valence-corrected chi connectivity index (χ0v) is 39.1. The fraction of sp³-hybridized carbons (Fsp3) is 0.421. The van der Waals surface area contributed by atoms with Gasteiger partial charge in [-0.15, -0.1) is 0 Å². The molecule has 362 valence electrons. The molecular weight excluding hydrogens is 955 g/mol. The Labute approximate surface area is 377 Å². The largest absolute Gasteiger partial charge is 0.490 e. The van der Waals surface area contributed by atoms with Gasteiger partial charge in [0.15, 0.2) is 11.9 Å². The van der Waals surface area contributed by atoms with E-state index in [0.29, 0.717) is 17.5 Å². The van der Waals surface area contributed by atoms with E-state index in [1.165, 1.54) is 24.3 Å². The lowest BCUT2D eigenvalue weighted by Gasteiger charge is -2.19. The van der Waals surface area contributed by atoms with E-state index in [0.717, 1.165) is 48.1 Å². The standard InChI is InChI=1S/C38H50N5O19P3S/c1-4-42-29-15-14-27(66(56,57)58)22-28(29)38(2,3)31(42)12-8-10-25-16-20-41(21-17-25)19-7-5-6-13-32(44)39-18-9-11-26-23-43(37(48)40-35(26)47)36-34(46)33(45)30(60-36)24-59-64(52,53)62-65(54,55)61-63(49,50)51/h8-12,14-17,20-23,30,33-34,36,45-46H,4-7,13,18-19,24H2,1-3H3,(H6-,39,40,44,47,48,49,50,51,52,53,54,55,56,57,58)/p+1/b11-9+. The van der Waals surface area contributed by atoms with Gasteiger partial charge >= 0.3 is 29.2 Å². The molecular formula is C38H51N5O19P3S+. The summed E-state index contributed by atoms with van der Waals surface area (Å²) in [6.45, 7) is 6.31. The second kappa shape index (κ2) is 21.4. The Morgan fingerprint density at radius 1 is 1.00 bits per heavy atom. The number of carbonyl (C=O) groups is 1. The number of ether oxygens (including phenoxy) is 1. The molecule has 0 aliphatic carbocycles. The van der Waals surface area contributed by atoms with Crippen molar-refractivity contribution in [1.82, 2.24) is 19.8 Å². The van der Waals surface area contributed by atoms with Crippen LogP contribution in [0.4, 0.5) is 5.69 Å². The number of hydrogen-bond acceptors (Lipinski definition) is 15. The fourth-order valence-corrected chi connectivity index (χ4v) is 10.8. The van der Waals surface area contributed by atoms with E-state index in [1.54, 1.807) is 6.07 Å². The number of carbonyl (C=O) groups excluding carboxylic acids is 1. The van der Waals surface area contributed by atoms with Gasteiger partial charge in [0.1, 0.15) is 24.9 Å². The molecule has 1 aromatic carbocycles. The summed E-state index contributed by atoms with van der Waals surface area (Å²) >= 11 is 0. The van der Waals surface area contributed by atoms with Crippen LogP contribution in [-0.4, -0.2) is 118 Å². The van der Waals surface area contributed by atoms with Crippen molar-refractivity contribution in [2.75, 3.05) is 26.2 Å². The quantitative estimate of drug-likeness (QED) is 0.0375. The monoisotopic (exact) mass is 1010 g/mol. The zero-order chi connectivity index (χ0) is 48.8. The molecule has 0 radical (unpaired) electrons. The Morgan fingerprint density at radius 2 is 1.70 bits per heavy atom. The maximum atomic E-state index is 12.6. The minimum Gasteiger partial charge on any atom is -0.387 e. The maximum absolute atomic E-state index is 12.6. The van der Waals surface area contributed by atoms with Crippen molar-refractivity contribution in [3.05, 3.63) is 111 Å². The highest BCUT2D eigenvalue weighted by Crippen LogP contribution is 2.66.